The standard InChI is InChI=1S/C15H14ClN3OS/c1-9-10(7-14(21-9)15(20)18-17)8-19-6-5-11-12(16)3-2-4-13(11)19/h2-7H,8,17H2,1H3,(H,18,20). The molecule has 0 aliphatic heterocycles. The quantitative estimate of drug-likeness (QED) is 0.442. The highest BCUT2D eigenvalue weighted by atomic mass is 35.5. The molecule has 0 radical (unpaired) electrons. The third-order valence-electron chi connectivity index (χ3n) is 3.48. The Bertz CT molecular complexity index is 822. The SMILES string of the molecule is Cc1sc(C(=O)NN)cc1Cn1ccc2c(Cl)cccc21. The van der Waals surface area contributed by atoms with Crippen LogP contribution in [0.1, 0.15) is 20.1 Å². The molecular weight excluding hydrogens is 306 g/mol. The third-order valence-corrected chi connectivity index (χ3v) is 4.90. The predicted molar refractivity (Wildman–Crippen MR) is 86.8 cm³/mol. The number of thiophene rings is 1. The average molecular weight is 320 g/mol. The van der Waals surface area contributed by atoms with E-state index < -0.39 is 0 Å². The first-order chi connectivity index (χ1) is 10.1. The van der Waals surface area contributed by atoms with Gasteiger partial charge in [0, 0.05) is 33.5 Å². The van der Waals surface area contributed by atoms with Crippen molar-refractivity contribution in [1.82, 2.24) is 9.99 Å². The normalized spacial score (nSPS) is 11.0. The van der Waals surface area contributed by atoms with Gasteiger partial charge in [-0.1, -0.05) is 17.7 Å². The van der Waals surface area contributed by atoms with E-state index in [-0.39, 0.29) is 5.91 Å². The second-order valence-electron chi connectivity index (χ2n) is 4.78. The highest BCUT2D eigenvalue weighted by Crippen LogP contribution is 2.27. The van der Waals surface area contributed by atoms with Crippen molar-refractivity contribution in [3.05, 3.63) is 56.9 Å². The van der Waals surface area contributed by atoms with E-state index in [1.165, 1.54) is 11.3 Å². The summed E-state index contributed by atoms with van der Waals surface area (Å²) in [6.45, 7) is 2.70. The average Bonchev–Trinajstić information content (AvgIpc) is 3.05. The highest BCUT2D eigenvalue weighted by Gasteiger charge is 2.12. The molecule has 0 fully saturated rings. The number of nitrogen functional groups attached to an aromatic ring is 1. The van der Waals surface area contributed by atoms with Crippen molar-refractivity contribution in [2.45, 2.75) is 13.5 Å². The van der Waals surface area contributed by atoms with Crippen molar-refractivity contribution in [3.8, 4) is 0 Å². The summed E-state index contributed by atoms with van der Waals surface area (Å²) in [4.78, 5) is 13.3. The van der Waals surface area contributed by atoms with Crippen LogP contribution >= 0.6 is 22.9 Å². The van der Waals surface area contributed by atoms with Crippen LogP contribution in [0.3, 0.4) is 0 Å². The van der Waals surface area contributed by atoms with Crippen LogP contribution in [0.5, 0.6) is 0 Å². The summed E-state index contributed by atoms with van der Waals surface area (Å²) in [7, 11) is 0. The number of nitrogens with zero attached hydrogens (tertiary/aromatic N) is 1. The lowest BCUT2D eigenvalue weighted by molar-refractivity contribution is 0.0957. The van der Waals surface area contributed by atoms with E-state index in [1.807, 2.05) is 43.5 Å². The number of fused-ring (bicyclic) bond motifs is 1. The lowest BCUT2D eigenvalue weighted by atomic mass is 10.2. The van der Waals surface area contributed by atoms with Crippen LogP contribution in [-0.4, -0.2) is 10.5 Å². The minimum absolute atomic E-state index is 0.255. The van der Waals surface area contributed by atoms with Gasteiger partial charge in [-0.15, -0.1) is 11.3 Å². The van der Waals surface area contributed by atoms with Gasteiger partial charge in [0.05, 0.1) is 4.88 Å². The molecule has 4 nitrogen and oxygen atoms in total. The van der Waals surface area contributed by atoms with Crippen molar-refractivity contribution in [2.24, 2.45) is 5.84 Å². The van der Waals surface area contributed by atoms with E-state index >= 15 is 0 Å². The van der Waals surface area contributed by atoms with Crippen LogP contribution < -0.4 is 11.3 Å². The van der Waals surface area contributed by atoms with Crippen LogP contribution in [-0.2, 0) is 6.54 Å². The number of hydrogen-bond acceptors (Lipinski definition) is 3. The maximum Gasteiger partial charge on any atom is 0.275 e. The molecule has 1 amide bonds. The Kier molecular flexibility index (Phi) is 3.71. The van der Waals surface area contributed by atoms with Crippen molar-refractivity contribution < 1.29 is 4.79 Å². The van der Waals surface area contributed by atoms with Crippen molar-refractivity contribution in [1.29, 1.82) is 0 Å². The first-order valence-electron chi connectivity index (χ1n) is 6.43. The molecule has 3 rings (SSSR count). The summed E-state index contributed by atoms with van der Waals surface area (Å²) in [5.74, 6) is 4.92. The number of benzene rings is 1. The zero-order chi connectivity index (χ0) is 15.0. The Morgan fingerprint density at radius 3 is 3.00 bits per heavy atom. The smallest absolute Gasteiger partial charge is 0.275 e. The largest absolute Gasteiger partial charge is 0.343 e. The van der Waals surface area contributed by atoms with E-state index in [1.54, 1.807) is 0 Å². The maximum atomic E-state index is 11.6. The van der Waals surface area contributed by atoms with Gasteiger partial charge in [0.15, 0.2) is 0 Å². The third kappa shape index (κ3) is 2.55. The summed E-state index contributed by atoms with van der Waals surface area (Å²) in [6, 6.07) is 9.75. The molecule has 0 saturated heterocycles. The Labute approximate surface area is 131 Å². The number of hydrazine groups is 1. The number of carbonyl (C=O) groups is 1. The lowest BCUT2D eigenvalue weighted by Crippen LogP contribution is -2.29. The van der Waals surface area contributed by atoms with Gasteiger partial charge in [-0.25, -0.2) is 5.84 Å². The molecule has 1 aromatic carbocycles. The second kappa shape index (κ2) is 5.52. The fourth-order valence-corrected chi connectivity index (χ4v) is 3.54. The van der Waals surface area contributed by atoms with Gasteiger partial charge in [0.1, 0.15) is 0 Å². The number of nitrogens with two attached hydrogens (primary N) is 1. The van der Waals surface area contributed by atoms with Gasteiger partial charge in [-0.3, -0.25) is 10.2 Å². The molecule has 21 heavy (non-hydrogen) atoms. The zero-order valence-electron chi connectivity index (χ0n) is 11.4. The van der Waals surface area contributed by atoms with Gasteiger partial charge in [0.25, 0.3) is 5.91 Å². The molecule has 0 saturated carbocycles. The number of carbonyl (C=O) groups excluding carboxylic acids is 1. The molecule has 0 aliphatic rings. The van der Waals surface area contributed by atoms with E-state index in [4.69, 9.17) is 17.4 Å². The molecule has 3 N–H and O–H groups in total. The molecule has 2 heterocycles. The van der Waals surface area contributed by atoms with E-state index in [2.05, 4.69) is 9.99 Å². The molecule has 0 aliphatic carbocycles. The fraction of sp³-hybridized carbons (Fsp3) is 0.133. The summed E-state index contributed by atoms with van der Waals surface area (Å²) < 4.78 is 2.13. The molecule has 0 spiro atoms. The van der Waals surface area contributed by atoms with E-state index in [0.717, 1.165) is 26.4 Å². The summed E-state index contributed by atoms with van der Waals surface area (Å²) in [5.41, 5.74) is 4.35. The Morgan fingerprint density at radius 2 is 2.24 bits per heavy atom. The maximum absolute atomic E-state index is 11.6. The predicted octanol–water partition coefficient (Wildman–Crippen LogP) is 3.32. The van der Waals surface area contributed by atoms with Crippen LogP contribution in [0.2, 0.25) is 5.02 Å². The van der Waals surface area contributed by atoms with Gasteiger partial charge >= 0.3 is 0 Å². The molecule has 2 aromatic heterocycles. The van der Waals surface area contributed by atoms with Crippen molar-refractivity contribution >= 4 is 39.7 Å². The number of aryl methyl sites for hydroxylation is 1. The molecular formula is C15H14ClN3OS. The first-order valence-corrected chi connectivity index (χ1v) is 7.63. The molecule has 108 valence electrons. The van der Waals surface area contributed by atoms with E-state index in [9.17, 15) is 4.79 Å². The van der Waals surface area contributed by atoms with E-state index in [0.29, 0.717) is 11.4 Å². The van der Waals surface area contributed by atoms with Gasteiger partial charge < -0.3 is 4.57 Å². The summed E-state index contributed by atoms with van der Waals surface area (Å²) in [5, 5.41) is 1.78. The molecule has 0 atom stereocenters. The summed E-state index contributed by atoms with van der Waals surface area (Å²) in [6.07, 6.45) is 2.01. The lowest BCUT2D eigenvalue weighted by Gasteiger charge is -2.05. The highest BCUT2D eigenvalue weighted by molar-refractivity contribution is 7.14. The van der Waals surface area contributed by atoms with Crippen LogP contribution in [0, 0.1) is 6.92 Å². The van der Waals surface area contributed by atoms with Crippen LogP contribution in [0.15, 0.2) is 36.5 Å². The minimum atomic E-state index is -0.255. The molecule has 6 heteroatoms. The Hall–Kier alpha value is -1.82. The minimum Gasteiger partial charge on any atom is -0.343 e. The number of halogens is 1. The topological polar surface area (TPSA) is 60.1 Å². The van der Waals surface area contributed by atoms with Crippen molar-refractivity contribution in [2.75, 3.05) is 0 Å². The zero-order valence-corrected chi connectivity index (χ0v) is 13.0. The Balaban J connectivity index is 1.97. The number of nitrogens with one attached hydrogen (secondary N) is 1. The first kappa shape index (κ1) is 14.1. The second-order valence-corrected chi connectivity index (χ2v) is 6.45. The van der Waals surface area contributed by atoms with Gasteiger partial charge in [-0.05, 0) is 36.8 Å². The molecule has 0 unspecified atom stereocenters. The van der Waals surface area contributed by atoms with Crippen molar-refractivity contribution in [3.63, 3.8) is 0 Å². The monoisotopic (exact) mass is 319 g/mol. The van der Waals surface area contributed by atoms with Crippen LogP contribution in [0.4, 0.5) is 0 Å². The number of aromatic nitrogens is 1. The fourth-order valence-electron chi connectivity index (χ4n) is 2.37. The summed E-state index contributed by atoms with van der Waals surface area (Å²) >= 11 is 7.64. The van der Waals surface area contributed by atoms with Gasteiger partial charge in [0.2, 0.25) is 0 Å². The Morgan fingerprint density at radius 1 is 1.43 bits per heavy atom. The number of amides is 1. The van der Waals surface area contributed by atoms with Crippen LogP contribution in [0.25, 0.3) is 10.9 Å². The number of hydrogen-bond donors (Lipinski definition) is 2. The molecule has 3 aromatic rings. The number of rotatable bonds is 3. The molecule has 0 bridgehead atoms. The van der Waals surface area contributed by atoms with Gasteiger partial charge in [-0.2, -0.15) is 0 Å².